The number of halogens is 2. The van der Waals surface area contributed by atoms with Crippen molar-refractivity contribution in [3.8, 4) is 11.8 Å². The first-order valence-corrected chi connectivity index (χ1v) is 6.14. The Kier molecular flexibility index (Phi) is 5.51. The summed E-state index contributed by atoms with van der Waals surface area (Å²) in [6, 6.07) is 3.25. The summed E-state index contributed by atoms with van der Waals surface area (Å²) >= 11 is 0. The van der Waals surface area contributed by atoms with Gasteiger partial charge in [-0.1, -0.05) is 11.8 Å². The van der Waals surface area contributed by atoms with Gasteiger partial charge in [0.2, 0.25) is 0 Å². The maximum atomic E-state index is 12.9. The Balaban J connectivity index is 2.38. The van der Waals surface area contributed by atoms with E-state index in [-0.39, 0.29) is 13.0 Å². The molecule has 0 aromatic heterocycles. The number of benzene rings is 1. The number of carbonyl (C=O) groups excluding carboxylic acids is 1. The van der Waals surface area contributed by atoms with E-state index in [9.17, 15) is 13.6 Å². The summed E-state index contributed by atoms with van der Waals surface area (Å²) in [5, 5.41) is 2.47. The van der Waals surface area contributed by atoms with Gasteiger partial charge in [0.1, 0.15) is 17.2 Å². The summed E-state index contributed by atoms with van der Waals surface area (Å²) < 4.78 is 30.8. The third-order valence-electron chi connectivity index (χ3n) is 2.06. The topological polar surface area (TPSA) is 38.3 Å². The first-order chi connectivity index (χ1) is 9.26. The molecular weight excluding hydrogens is 264 g/mol. The fourth-order valence-corrected chi connectivity index (χ4v) is 1.37. The van der Waals surface area contributed by atoms with Crippen LogP contribution >= 0.6 is 0 Å². The van der Waals surface area contributed by atoms with Crippen molar-refractivity contribution >= 4 is 6.09 Å². The second kappa shape index (κ2) is 6.90. The number of ether oxygens (including phenoxy) is 1. The van der Waals surface area contributed by atoms with E-state index in [1.54, 1.807) is 20.8 Å². The molecule has 0 spiro atoms. The zero-order chi connectivity index (χ0) is 15.2. The maximum Gasteiger partial charge on any atom is 0.408 e. The molecule has 3 nitrogen and oxygen atoms in total. The van der Waals surface area contributed by atoms with Gasteiger partial charge in [-0.25, -0.2) is 13.6 Å². The van der Waals surface area contributed by atoms with Gasteiger partial charge in [-0.05, 0) is 38.5 Å². The molecule has 1 amide bonds. The van der Waals surface area contributed by atoms with Crippen molar-refractivity contribution in [2.24, 2.45) is 0 Å². The molecule has 0 heterocycles. The lowest BCUT2D eigenvalue weighted by Gasteiger charge is -2.18. The summed E-state index contributed by atoms with van der Waals surface area (Å²) in [7, 11) is 0. The van der Waals surface area contributed by atoms with Crippen molar-refractivity contribution in [2.45, 2.75) is 32.8 Å². The zero-order valence-electron chi connectivity index (χ0n) is 11.7. The lowest BCUT2D eigenvalue weighted by Crippen LogP contribution is -2.32. The second-order valence-corrected chi connectivity index (χ2v) is 5.16. The highest BCUT2D eigenvalue weighted by Gasteiger charge is 2.14. The van der Waals surface area contributed by atoms with Crippen LogP contribution in [0.1, 0.15) is 26.3 Å². The fourth-order valence-electron chi connectivity index (χ4n) is 1.37. The van der Waals surface area contributed by atoms with Crippen molar-refractivity contribution in [1.29, 1.82) is 0 Å². The van der Waals surface area contributed by atoms with Gasteiger partial charge in [-0.15, -0.1) is 0 Å². The number of rotatable bonds is 2. The minimum Gasteiger partial charge on any atom is -0.444 e. The largest absolute Gasteiger partial charge is 0.444 e. The van der Waals surface area contributed by atoms with Crippen LogP contribution in [0.15, 0.2) is 18.2 Å². The maximum absolute atomic E-state index is 12.9. The Morgan fingerprint density at radius 1 is 1.20 bits per heavy atom. The zero-order valence-corrected chi connectivity index (χ0v) is 11.7. The molecule has 20 heavy (non-hydrogen) atoms. The van der Waals surface area contributed by atoms with Crippen LogP contribution < -0.4 is 5.32 Å². The van der Waals surface area contributed by atoms with Crippen LogP contribution in [0.3, 0.4) is 0 Å². The van der Waals surface area contributed by atoms with Gasteiger partial charge in [-0.3, -0.25) is 0 Å². The van der Waals surface area contributed by atoms with Crippen LogP contribution in [0.2, 0.25) is 0 Å². The molecule has 1 aromatic rings. The molecule has 0 saturated heterocycles. The Morgan fingerprint density at radius 2 is 1.80 bits per heavy atom. The molecule has 0 fully saturated rings. The van der Waals surface area contributed by atoms with Gasteiger partial charge >= 0.3 is 6.09 Å². The summed E-state index contributed by atoms with van der Waals surface area (Å²) in [5.41, 5.74) is -0.108. The average Bonchev–Trinajstić information content (AvgIpc) is 2.24. The van der Waals surface area contributed by atoms with Gasteiger partial charge in [0.05, 0.1) is 6.54 Å². The molecule has 1 N–H and O–H groups in total. The van der Waals surface area contributed by atoms with Crippen LogP contribution in [0, 0.1) is 23.5 Å². The molecular formula is C15H17F2NO2. The molecule has 1 rings (SSSR count). The highest BCUT2D eigenvalue weighted by molar-refractivity contribution is 5.68. The van der Waals surface area contributed by atoms with E-state index in [0.717, 1.165) is 6.07 Å². The normalized spacial score (nSPS) is 10.4. The molecule has 0 saturated carbocycles. The molecule has 0 bridgehead atoms. The molecule has 0 radical (unpaired) electrons. The van der Waals surface area contributed by atoms with E-state index in [0.29, 0.717) is 5.56 Å². The predicted molar refractivity (Wildman–Crippen MR) is 72.1 cm³/mol. The summed E-state index contributed by atoms with van der Waals surface area (Å²) in [5.74, 6) is 4.14. The first-order valence-electron chi connectivity index (χ1n) is 6.14. The lowest BCUT2D eigenvalue weighted by molar-refractivity contribution is 0.0535. The monoisotopic (exact) mass is 281 g/mol. The molecule has 0 unspecified atom stereocenters. The number of alkyl carbamates (subject to hydrolysis) is 1. The van der Waals surface area contributed by atoms with Crippen molar-refractivity contribution in [2.75, 3.05) is 6.54 Å². The number of nitrogens with one attached hydrogen (secondary N) is 1. The number of carbonyl (C=O) groups is 1. The molecule has 0 aliphatic rings. The SMILES string of the molecule is CC(C)(C)OC(=O)NCC#CCc1cc(F)cc(F)c1. The smallest absolute Gasteiger partial charge is 0.408 e. The minimum absolute atomic E-state index is 0.118. The summed E-state index contributed by atoms with van der Waals surface area (Å²) in [6.07, 6.45) is -0.339. The summed E-state index contributed by atoms with van der Waals surface area (Å²) in [6.45, 7) is 5.40. The fraction of sp³-hybridized carbons (Fsp3) is 0.400. The van der Waals surface area contributed by atoms with E-state index in [2.05, 4.69) is 17.2 Å². The van der Waals surface area contributed by atoms with Crippen LogP contribution in [0.5, 0.6) is 0 Å². The van der Waals surface area contributed by atoms with Crippen molar-refractivity contribution < 1.29 is 18.3 Å². The Hall–Kier alpha value is -2.09. The molecule has 108 valence electrons. The van der Waals surface area contributed by atoms with E-state index in [1.807, 2.05) is 0 Å². The quantitative estimate of drug-likeness (QED) is 0.846. The van der Waals surface area contributed by atoms with Crippen LogP contribution in [-0.2, 0) is 11.2 Å². The molecule has 0 aliphatic heterocycles. The van der Waals surface area contributed by atoms with E-state index in [4.69, 9.17) is 4.74 Å². The van der Waals surface area contributed by atoms with Crippen molar-refractivity contribution in [3.05, 3.63) is 35.4 Å². The van der Waals surface area contributed by atoms with Gasteiger partial charge in [0.25, 0.3) is 0 Å². The van der Waals surface area contributed by atoms with Gasteiger partial charge in [0, 0.05) is 12.5 Å². The third kappa shape index (κ3) is 6.74. The minimum atomic E-state index is -0.631. The first kappa shape index (κ1) is 16.0. The standard InChI is InChI=1S/C15H17F2NO2/c1-15(2,3)20-14(19)18-7-5-4-6-11-8-12(16)10-13(17)9-11/h8-10H,6-7H2,1-3H3,(H,18,19). The second-order valence-electron chi connectivity index (χ2n) is 5.16. The number of hydrogen-bond donors (Lipinski definition) is 1. The molecule has 0 atom stereocenters. The number of hydrogen-bond acceptors (Lipinski definition) is 2. The van der Waals surface area contributed by atoms with Crippen LogP contribution in [-0.4, -0.2) is 18.2 Å². The Bertz CT molecular complexity index is 519. The van der Waals surface area contributed by atoms with E-state index >= 15 is 0 Å². The lowest BCUT2D eigenvalue weighted by atomic mass is 10.1. The average molecular weight is 281 g/mol. The van der Waals surface area contributed by atoms with E-state index in [1.165, 1.54) is 12.1 Å². The van der Waals surface area contributed by atoms with Crippen LogP contribution in [0.4, 0.5) is 13.6 Å². The van der Waals surface area contributed by atoms with E-state index < -0.39 is 23.3 Å². The highest BCUT2D eigenvalue weighted by atomic mass is 19.1. The summed E-state index contributed by atoms with van der Waals surface area (Å²) in [4.78, 5) is 11.3. The highest BCUT2D eigenvalue weighted by Crippen LogP contribution is 2.08. The predicted octanol–water partition coefficient (Wildman–Crippen LogP) is 3.04. The van der Waals surface area contributed by atoms with Crippen molar-refractivity contribution in [3.63, 3.8) is 0 Å². The van der Waals surface area contributed by atoms with Gasteiger partial charge in [0.15, 0.2) is 0 Å². The van der Waals surface area contributed by atoms with Crippen LogP contribution in [0.25, 0.3) is 0 Å². The molecule has 5 heteroatoms. The number of amides is 1. The Morgan fingerprint density at radius 3 is 2.35 bits per heavy atom. The van der Waals surface area contributed by atoms with Gasteiger partial charge in [-0.2, -0.15) is 0 Å². The van der Waals surface area contributed by atoms with Gasteiger partial charge < -0.3 is 10.1 Å². The third-order valence-corrected chi connectivity index (χ3v) is 2.06. The Labute approximate surface area is 117 Å². The van der Waals surface area contributed by atoms with Crippen molar-refractivity contribution in [1.82, 2.24) is 5.32 Å². The molecule has 0 aliphatic carbocycles. The molecule has 1 aromatic carbocycles.